The van der Waals surface area contributed by atoms with Gasteiger partial charge in [-0.05, 0) is 51.8 Å². The van der Waals surface area contributed by atoms with E-state index in [1.54, 1.807) is 18.3 Å². The number of aromatic nitrogens is 2. The minimum atomic E-state index is -0.566. The third-order valence-electron chi connectivity index (χ3n) is 5.94. The van der Waals surface area contributed by atoms with Crippen LogP contribution in [0.5, 0.6) is 0 Å². The summed E-state index contributed by atoms with van der Waals surface area (Å²) in [6.45, 7) is 11.5. The molecule has 4 heterocycles. The van der Waals surface area contributed by atoms with Crippen LogP contribution < -0.4 is 10.2 Å². The summed E-state index contributed by atoms with van der Waals surface area (Å²) < 4.78 is 0. The molecular weight excluding hydrogens is 370 g/mol. The molecule has 2 saturated heterocycles. The van der Waals surface area contributed by atoms with Gasteiger partial charge in [0.2, 0.25) is 0 Å². The number of anilines is 2. The maximum absolute atomic E-state index is 9.44. The monoisotopic (exact) mass is 401 g/mol. The Balaban J connectivity index is 1.37. The van der Waals surface area contributed by atoms with E-state index >= 15 is 0 Å². The number of nitrogens with one attached hydrogen (secondary N) is 1. The zero-order valence-corrected chi connectivity index (χ0v) is 17.9. The highest BCUT2D eigenvalue weighted by Crippen LogP contribution is 2.42. The van der Waals surface area contributed by atoms with Crippen molar-refractivity contribution in [3.8, 4) is 0 Å². The predicted octanol–water partition coefficient (Wildman–Crippen LogP) is 3.26. The van der Waals surface area contributed by atoms with Crippen LogP contribution in [0.25, 0.3) is 0 Å². The Morgan fingerprint density at radius 1 is 1.29 bits per heavy atom. The van der Waals surface area contributed by atoms with E-state index in [1.807, 2.05) is 6.20 Å². The molecule has 0 aliphatic carbocycles. The highest BCUT2D eigenvalue weighted by atomic mass is 32.1. The van der Waals surface area contributed by atoms with Gasteiger partial charge in [-0.1, -0.05) is 6.92 Å². The Morgan fingerprint density at radius 3 is 2.89 bits per heavy atom. The van der Waals surface area contributed by atoms with E-state index in [-0.39, 0.29) is 0 Å². The van der Waals surface area contributed by atoms with Crippen molar-refractivity contribution in [2.75, 3.05) is 36.4 Å². The Bertz CT molecular complexity index is 823. The summed E-state index contributed by atoms with van der Waals surface area (Å²) in [5.74, 6) is 0. The smallest absolute Gasteiger partial charge is 0.184 e. The van der Waals surface area contributed by atoms with E-state index in [0.29, 0.717) is 5.41 Å². The van der Waals surface area contributed by atoms with E-state index < -0.39 is 6.23 Å². The molecule has 7 heteroatoms. The van der Waals surface area contributed by atoms with E-state index in [0.717, 1.165) is 50.0 Å². The second-order valence-corrected chi connectivity index (χ2v) is 9.51. The number of aryl methyl sites for hydroxylation is 2. The summed E-state index contributed by atoms with van der Waals surface area (Å²) in [7, 11) is 0. The van der Waals surface area contributed by atoms with Crippen LogP contribution in [0.4, 0.5) is 10.8 Å². The van der Waals surface area contributed by atoms with Crippen LogP contribution in [0, 0.1) is 12.3 Å². The Morgan fingerprint density at radius 2 is 2.11 bits per heavy atom. The molecule has 0 radical (unpaired) electrons. The normalized spacial score (nSPS) is 23.6. The van der Waals surface area contributed by atoms with Crippen molar-refractivity contribution in [3.63, 3.8) is 0 Å². The molecule has 0 bridgehead atoms. The van der Waals surface area contributed by atoms with Gasteiger partial charge in [-0.15, -0.1) is 11.3 Å². The lowest BCUT2D eigenvalue weighted by molar-refractivity contribution is 0.224. The summed E-state index contributed by atoms with van der Waals surface area (Å²) in [4.78, 5) is 15.4. The van der Waals surface area contributed by atoms with E-state index in [9.17, 15) is 5.11 Å². The molecule has 2 aromatic heterocycles. The SMILES string of the molecule is CCc1cc(N2CCC3(CCN(Cc4cnc(NC(C)O)s4)C3)C2)cc(C)n1. The van der Waals surface area contributed by atoms with E-state index in [2.05, 4.69) is 51.1 Å². The van der Waals surface area contributed by atoms with Crippen LogP contribution in [-0.2, 0) is 13.0 Å². The highest BCUT2D eigenvalue weighted by Gasteiger charge is 2.43. The maximum atomic E-state index is 9.44. The number of likely N-dealkylation sites (tertiary alicyclic amines) is 1. The van der Waals surface area contributed by atoms with Gasteiger partial charge in [0.15, 0.2) is 5.13 Å². The summed E-state index contributed by atoms with van der Waals surface area (Å²) >= 11 is 1.64. The Kier molecular flexibility index (Phi) is 5.58. The van der Waals surface area contributed by atoms with Crippen molar-refractivity contribution in [2.45, 2.75) is 52.8 Å². The summed E-state index contributed by atoms with van der Waals surface area (Å²) in [5.41, 5.74) is 4.07. The maximum Gasteiger partial charge on any atom is 0.184 e. The molecule has 2 unspecified atom stereocenters. The molecule has 2 fully saturated rings. The lowest BCUT2D eigenvalue weighted by Crippen LogP contribution is -2.30. The fourth-order valence-electron chi connectivity index (χ4n) is 4.58. The molecular formula is C21H31N5OS. The van der Waals surface area contributed by atoms with E-state index in [4.69, 9.17) is 0 Å². The number of hydrogen-bond acceptors (Lipinski definition) is 7. The lowest BCUT2D eigenvalue weighted by atomic mass is 9.86. The number of pyridine rings is 1. The third kappa shape index (κ3) is 4.31. The van der Waals surface area contributed by atoms with Gasteiger partial charge in [0.1, 0.15) is 6.23 Å². The number of hydrogen-bond donors (Lipinski definition) is 2. The number of aliphatic hydroxyl groups excluding tert-OH is 1. The van der Waals surface area contributed by atoms with Crippen molar-refractivity contribution in [3.05, 3.63) is 34.6 Å². The molecule has 1 spiro atoms. The minimum Gasteiger partial charge on any atom is -0.374 e. The van der Waals surface area contributed by atoms with Crippen LogP contribution in [0.3, 0.4) is 0 Å². The molecule has 0 amide bonds. The summed E-state index contributed by atoms with van der Waals surface area (Å²) in [5, 5.41) is 13.2. The van der Waals surface area contributed by atoms with Crippen molar-refractivity contribution in [1.82, 2.24) is 14.9 Å². The Hall–Kier alpha value is -1.70. The molecule has 2 aromatic rings. The quantitative estimate of drug-likeness (QED) is 0.725. The molecule has 6 nitrogen and oxygen atoms in total. The first-order valence-corrected chi connectivity index (χ1v) is 11.1. The zero-order chi connectivity index (χ0) is 19.7. The van der Waals surface area contributed by atoms with Gasteiger partial charge in [-0.25, -0.2) is 4.98 Å². The number of aliphatic hydroxyl groups is 1. The van der Waals surface area contributed by atoms with Gasteiger partial charge >= 0.3 is 0 Å². The molecule has 4 rings (SSSR count). The van der Waals surface area contributed by atoms with Gasteiger partial charge in [0.25, 0.3) is 0 Å². The highest BCUT2D eigenvalue weighted by molar-refractivity contribution is 7.15. The first-order valence-electron chi connectivity index (χ1n) is 10.3. The first kappa shape index (κ1) is 19.6. The van der Waals surface area contributed by atoms with Crippen molar-refractivity contribution in [2.24, 2.45) is 5.41 Å². The largest absolute Gasteiger partial charge is 0.374 e. The van der Waals surface area contributed by atoms with Crippen molar-refractivity contribution < 1.29 is 5.11 Å². The van der Waals surface area contributed by atoms with Crippen LogP contribution in [0.2, 0.25) is 0 Å². The van der Waals surface area contributed by atoms with Crippen molar-refractivity contribution >= 4 is 22.2 Å². The average molecular weight is 402 g/mol. The number of thiazole rings is 1. The standard InChI is InChI=1S/C21H31N5OS/c1-4-17-10-18(9-15(2)23-17)26-8-6-21(14-26)5-7-25(13-21)12-19-11-22-20(28-19)24-16(3)27/h9-11,16,27H,4-8,12-14H2,1-3H3,(H,22,24). The molecule has 2 aliphatic heterocycles. The second kappa shape index (κ2) is 7.97. The molecule has 2 atom stereocenters. The van der Waals surface area contributed by atoms with Crippen LogP contribution in [0.1, 0.15) is 43.0 Å². The second-order valence-electron chi connectivity index (χ2n) is 8.40. The molecule has 0 aromatic carbocycles. The number of rotatable bonds is 6. The van der Waals surface area contributed by atoms with Gasteiger partial charge < -0.3 is 15.3 Å². The molecule has 0 saturated carbocycles. The first-order chi connectivity index (χ1) is 13.4. The Labute approximate surface area is 171 Å². The fraction of sp³-hybridized carbons (Fsp3) is 0.619. The van der Waals surface area contributed by atoms with Crippen LogP contribution in [-0.4, -0.2) is 52.4 Å². The molecule has 2 aliphatic rings. The third-order valence-corrected chi connectivity index (χ3v) is 6.85. The molecule has 28 heavy (non-hydrogen) atoms. The van der Waals surface area contributed by atoms with Crippen LogP contribution in [0.15, 0.2) is 18.3 Å². The summed E-state index contributed by atoms with van der Waals surface area (Å²) in [6, 6.07) is 4.51. The van der Waals surface area contributed by atoms with Gasteiger partial charge in [0, 0.05) is 59.7 Å². The van der Waals surface area contributed by atoms with Crippen molar-refractivity contribution in [1.29, 1.82) is 0 Å². The van der Waals surface area contributed by atoms with E-state index in [1.165, 1.54) is 29.1 Å². The minimum absolute atomic E-state index is 0.412. The lowest BCUT2D eigenvalue weighted by Gasteiger charge is -2.26. The summed E-state index contributed by atoms with van der Waals surface area (Å²) in [6.07, 6.45) is 4.90. The van der Waals surface area contributed by atoms with Gasteiger partial charge in [-0.2, -0.15) is 0 Å². The topological polar surface area (TPSA) is 64.5 Å². The van der Waals surface area contributed by atoms with Gasteiger partial charge in [-0.3, -0.25) is 9.88 Å². The fourth-order valence-corrected chi connectivity index (χ4v) is 5.51. The number of nitrogens with zero attached hydrogens (tertiary/aromatic N) is 4. The predicted molar refractivity (Wildman–Crippen MR) is 115 cm³/mol. The molecule has 152 valence electrons. The average Bonchev–Trinajstić information content (AvgIpc) is 3.36. The molecule has 2 N–H and O–H groups in total. The van der Waals surface area contributed by atoms with Crippen LogP contribution >= 0.6 is 11.3 Å². The van der Waals surface area contributed by atoms with Gasteiger partial charge in [0.05, 0.1) is 0 Å². The zero-order valence-electron chi connectivity index (χ0n) is 17.1.